The molecule has 1 aromatic carbocycles. The zero-order chi connectivity index (χ0) is 21.8. The first-order valence-corrected chi connectivity index (χ1v) is 10.8. The number of nitrogens with zero attached hydrogens (tertiary/aromatic N) is 4. The summed E-state index contributed by atoms with van der Waals surface area (Å²) in [7, 11) is 0. The van der Waals surface area contributed by atoms with Gasteiger partial charge >= 0.3 is 0 Å². The number of pyridine rings is 1. The molecule has 6 rings (SSSR count). The highest BCUT2D eigenvalue weighted by molar-refractivity contribution is 6.02. The molecule has 8 heteroatoms. The van der Waals surface area contributed by atoms with Crippen LogP contribution < -0.4 is 5.32 Å². The van der Waals surface area contributed by atoms with E-state index in [0.29, 0.717) is 25.2 Å². The van der Waals surface area contributed by atoms with Gasteiger partial charge in [-0.3, -0.25) is 9.59 Å². The average molecular weight is 426 g/mol. The van der Waals surface area contributed by atoms with E-state index in [2.05, 4.69) is 30.9 Å². The Labute approximate surface area is 184 Å². The first kappa shape index (κ1) is 18.8. The molecule has 160 valence electrons. The Morgan fingerprint density at radius 3 is 2.97 bits per heavy atom. The Morgan fingerprint density at radius 1 is 1.16 bits per heavy atom. The minimum absolute atomic E-state index is 0.0244. The van der Waals surface area contributed by atoms with Crippen molar-refractivity contribution in [1.82, 2.24) is 29.7 Å². The van der Waals surface area contributed by atoms with Gasteiger partial charge < -0.3 is 19.8 Å². The summed E-state index contributed by atoms with van der Waals surface area (Å²) in [5, 5.41) is 3.77. The van der Waals surface area contributed by atoms with Gasteiger partial charge in [-0.15, -0.1) is 0 Å². The highest BCUT2D eigenvalue weighted by Crippen LogP contribution is 2.31. The fourth-order valence-electron chi connectivity index (χ4n) is 4.71. The number of carbonyl (C=O) groups is 2. The minimum atomic E-state index is -0.0411. The third-order valence-corrected chi connectivity index (χ3v) is 6.33. The standard InChI is InChI=1S/C24H22N6O2/c1-14-12-29-6-7-30(13-21(29)28-14)24(32)17-9-19-20(11-27-22(19)26-10-17)15-2-3-18-16(8-15)4-5-25-23(18)31/h2-3,8-12H,4-7,13H2,1H3,(H,25,31)(H,26,27). The third-order valence-electron chi connectivity index (χ3n) is 6.33. The Hall–Kier alpha value is -3.94. The lowest BCUT2D eigenvalue weighted by molar-refractivity contribution is 0.0707. The second kappa shape index (κ2) is 7.05. The quantitative estimate of drug-likeness (QED) is 0.515. The summed E-state index contributed by atoms with van der Waals surface area (Å²) >= 11 is 0. The third kappa shape index (κ3) is 2.98. The van der Waals surface area contributed by atoms with Crippen LogP contribution in [0.5, 0.6) is 0 Å². The number of nitrogens with one attached hydrogen (secondary N) is 2. The van der Waals surface area contributed by atoms with Gasteiger partial charge in [-0.05, 0) is 36.6 Å². The van der Waals surface area contributed by atoms with Crippen LogP contribution in [0.1, 0.15) is 37.8 Å². The normalized spacial score (nSPS) is 15.4. The first-order valence-electron chi connectivity index (χ1n) is 10.8. The van der Waals surface area contributed by atoms with Gasteiger partial charge in [0.25, 0.3) is 11.8 Å². The van der Waals surface area contributed by atoms with Gasteiger partial charge in [0.2, 0.25) is 0 Å². The van der Waals surface area contributed by atoms with Crippen molar-refractivity contribution in [2.45, 2.75) is 26.4 Å². The zero-order valence-corrected chi connectivity index (χ0v) is 17.7. The van der Waals surface area contributed by atoms with E-state index in [1.807, 2.05) is 42.4 Å². The maximum Gasteiger partial charge on any atom is 0.255 e. The summed E-state index contributed by atoms with van der Waals surface area (Å²) in [6.45, 7) is 4.51. The molecule has 2 aliphatic heterocycles. The van der Waals surface area contributed by atoms with Gasteiger partial charge in [-0.25, -0.2) is 9.97 Å². The summed E-state index contributed by atoms with van der Waals surface area (Å²) in [5.41, 5.74) is 6.01. The van der Waals surface area contributed by atoms with E-state index < -0.39 is 0 Å². The molecule has 2 aliphatic rings. The molecular formula is C24H22N6O2. The van der Waals surface area contributed by atoms with Crippen LogP contribution in [0.3, 0.4) is 0 Å². The summed E-state index contributed by atoms with van der Waals surface area (Å²) in [5.74, 6) is 0.848. The van der Waals surface area contributed by atoms with Crippen molar-refractivity contribution < 1.29 is 9.59 Å². The van der Waals surface area contributed by atoms with E-state index in [4.69, 9.17) is 0 Å². The fourth-order valence-corrected chi connectivity index (χ4v) is 4.71. The molecule has 2 amide bonds. The number of H-pyrrole nitrogens is 1. The maximum atomic E-state index is 13.3. The van der Waals surface area contributed by atoms with Gasteiger partial charge in [0.15, 0.2) is 0 Å². The van der Waals surface area contributed by atoms with Gasteiger partial charge in [-0.2, -0.15) is 0 Å². The van der Waals surface area contributed by atoms with E-state index in [0.717, 1.165) is 57.8 Å². The highest BCUT2D eigenvalue weighted by atomic mass is 16.2. The average Bonchev–Trinajstić information content (AvgIpc) is 3.40. The predicted molar refractivity (Wildman–Crippen MR) is 119 cm³/mol. The Morgan fingerprint density at radius 2 is 2.06 bits per heavy atom. The number of aromatic amines is 1. The summed E-state index contributed by atoms with van der Waals surface area (Å²) in [6, 6.07) is 7.80. The molecule has 0 spiro atoms. The van der Waals surface area contributed by atoms with Crippen molar-refractivity contribution in [2.24, 2.45) is 0 Å². The Kier molecular flexibility index (Phi) is 4.14. The predicted octanol–water partition coefficient (Wildman–Crippen LogP) is 2.68. The summed E-state index contributed by atoms with van der Waals surface area (Å²) in [4.78, 5) is 39.4. The summed E-state index contributed by atoms with van der Waals surface area (Å²) in [6.07, 6.45) is 6.38. The minimum Gasteiger partial charge on any atom is -0.352 e. The number of aryl methyl sites for hydroxylation is 1. The number of rotatable bonds is 2. The number of aromatic nitrogens is 4. The topological polar surface area (TPSA) is 95.9 Å². The molecule has 0 saturated carbocycles. The number of imidazole rings is 1. The number of benzene rings is 1. The van der Waals surface area contributed by atoms with Crippen LogP contribution in [0.2, 0.25) is 0 Å². The lowest BCUT2D eigenvalue weighted by Crippen LogP contribution is -2.38. The number of fused-ring (bicyclic) bond motifs is 3. The first-order chi connectivity index (χ1) is 15.6. The lowest BCUT2D eigenvalue weighted by Gasteiger charge is -2.27. The molecule has 0 bridgehead atoms. The van der Waals surface area contributed by atoms with Crippen LogP contribution in [0.15, 0.2) is 42.9 Å². The number of hydrogen-bond acceptors (Lipinski definition) is 4. The van der Waals surface area contributed by atoms with Gasteiger partial charge in [-0.1, -0.05) is 12.1 Å². The van der Waals surface area contributed by atoms with Crippen LogP contribution in [-0.4, -0.2) is 49.3 Å². The van der Waals surface area contributed by atoms with Gasteiger partial charge in [0.1, 0.15) is 11.5 Å². The summed E-state index contributed by atoms with van der Waals surface area (Å²) < 4.78 is 2.11. The number of carbonyl (C=O) groups excluding carboxylic acids is 2. The second-order valence-corrected chi connectivity index (χ2v) is 8.42. The van der Waals surface area contributed by atoms with Crippen molar-refractivity contribution in [3.63, 3.8) is 0 Å². The monoisotopic (exact) mass is 426 g/mol. The molecule has 0 aliphatic carbocycles. The molecule has 0 fully saturated rings. The molecule has 0 saturated heterocycles. The molecule has 3 aromatic heterocycles. The molecule has 2 N–H and O–H groups in total. The SMILES string of the molecule is Cc1cn2c(n1)CN(C(=O)c1cnc3[nH]cc(-c4ccc5c(c4)CCNC5=O)c3c1)CC2. The van der Waals surface area contributed by atoms with E-state index in [1.54, 1.807) is 6.20 Å². The maximum absolute atomic E-state index is 13.3. The molecule has 4 aromatic rings. The van der Waals surface area contributed by atoms with E-state index in [1.165, 1.54) is 0 Å². The fraction of sp³-hybridized carbons (Fsp3) is 0.250. The highest BCUT2D eigenvalue weighted by Gasteiger charge is 2.24. The van der Waals surface area contributed by atoms with Crippen LogP contribution in [-0.2, 0) is 19.5 Å². The molecule has 32 heavy (non-hydrogen) atoms. The van der Waals surface area contributed by atoms with E-state index in [-0.39, 0.29) is 11.8 Å². The Bertz CT molecular complexity index is 1400. The van der Waals surface area contributed by atoms with Crippen molar-refractivity contribution in [1.29, 1.82) is 0 Å². The van der Waals surface area contributed by atoms with Crippen molar-refractivity contribution in [3.05, 3.63) is 71.1 Å². The van der Waals surface area contributed by atoms with Crippen molar-refractivity contribution in [2.75, 3.05) is 13.1 Å². The van der Waals surface area contributed by atoms with E-state index in [9.17, 15) is 9.59 Å². The van der Waals surface area contributed by atoms with Crippen molar-refractivity contribution in [3.8, 4) is 11.1 Å². The van der Waals surface area contributed by atoms with Gasteiger partial charge in [0, 0.05) is 54.7 Å². The molecular weight excluding hydrogens is 404 g/mol. The second-order valence-electron chi connectivity index (χ2n) is 8.42. The number of hydrogen-bond donors (Lipinski definition) is 2. The molecule has 8 nitrogen and oxygen atoms in total. The Balaban J connectivity index is 1.34. The molecule has 0 radical (unpaired) electrons. The van der Waals surface area contributed by atoms with E-state index >= 15 is 0 Å². The molecule has 5 heterocycles. The van der Waals surface area contributed by atoms with Crippen LogP contribution in [0.4, 0.5) is 0 Å². The van der Waals surface area contributed by atoms with Crippen LogP contribution in [0, 0.1) is 6.92 Å². The van der Waals surface area contributed by atoms with Crippen molar-refractivity contribution >= 4 is 22.8 Å². The zero-order valence-electron chi connectivity index (χ0n) is 17.7. The molecule has 0 unspecified atom stereocenters. The van der Waals surface area contributed by atoms with Gasteiger partial charge in [0.05, 0.1) is 17.8 Å². The number of amides is 2. The van der Waals surface area contributed by atoms with Crippen LogP contribution in [0.25, 0.3) is 22.2 Å². The lowest BCUT2D eigenvalue weighted by atomic mass is 9.95. The smallest absolute Gasteiger partial charge is 0.255 e. The molecule has 0 atom stereocenters. The van der Waals surface area contributed by atoms with Crippen LogP contribution >= 0.6 is 0 Å². The largest absolute Gasteiger partial charge is 0.352 e.